The molecule has 0 amide bonds. The van der Waals surface area contributed by atoms with Crippen LogP contribution in [0.3, 0.4) is 0 Å². The van der Waals surface area contributed by atoms with Crippen molar-refractivity contribution in [1.29, 1.82) is 0 Å². The monoisotopic (exact) mass is 322 g/mol. The van der Waals surface area contributed by atoms with E-state index in [0.29, 0.717) is 16.5 Å². The molecule has 1 rings (SSSR count). The van der Waals surface area contributed by atoms with E-state index in [1.165, 1.54) is 6.07 Å². The fraction of sp³-hybridized carbons (Fsp3) is 0.300. The first-order chi connectivity index (χ1) is 6.57. The van der Waals surface area contributed by atoms with Crippen LogP contribution in [0.4, 0.5) is 4.39 Å². The lowest BCUT2D eigenvalue weighted by Gasteiger charge is -2.08. The standard InChI is InChI=1S/C10H9Br2FO/c1-6(12)10(14)7-3-2-4-9(13)8(7)5-11/h2-4,6H,5H2,1H3. The van der Waals surface area contributed by atoms with Gasteiger partial charge in [-0.15, -0.1) is 0 Å². The first kappa shape index (κ1) is 11.9. The first-order valence-corrected chi connectivity index (χ1v) is 6.13. The molecule has 0 fully saturated rings. The summed E-state index contributed by atoms with van der Waals surface area (Å²) in [7, 11) is 0. The summed E-state index contributed by atoms with van der Waals surface area (Å²) in [6.07, 6.45) is 0. The molecule has 76 valence electrons. The third-order valence-electron chi connectivity index (χ3n) is 1.88. The Labute approximate surface area is 99.0 Å². The average Bonchev–Trinajstić information content (AvgIpc) is 2.16. The highest BCUT2D eigenvalue weighted by atomic mass is 79.9. The summed E-state index contributed by atoms with van der Waals surface area (Å²) in [6, 6.07) is 4.54. The Morgan fingerprint density at radius 1 is 1.57 bits per heavy atom. The van der Waals surface area contributed by atoms with Gasteiger partial charge in [0.2, 0.25) is 0 Å². The quantitative estimate of drug-likeness (QED) is 0.612. The van der Waals surface area contributed by atoms with Gasteiger partial charge in [-0.1, -0.05) is 44.0 Å². The van der Waals surface area contributed by atoms with E-state index in [1.54, 1.807) is 19.1 Å². The molecule has 0 aliphatic rings. The zero-order chi connectivity index (χ0) is 10.7. The van der Waals surface area contributed by atoms with E-state index in [2.05, 4.69) is 31.9 Å². The number of halogens is 3. The van der Waals surface area contributed by atoms with Crippen molar-refractivity contribution in [2.75, 3.05) is 0 Å². The second kappa shape index (κ2) is 5.03. The van der Waals surface area contributed by atoms with E-state index in [0.717, 1.165) is 0 Å². The van der Waals surface area contributed by atoms with Crippen molar-refractivity contribution in [1.82, 2.24) is 0 Å². The molecule has 0 heterocycles. The maximum Gasteiger partial charge on any atom is 0.176 e. The Bertz CT molecular complexity index is 350. The molecule has 0 saturated carbocycles. The molecule has 0 bridgehead atoms. The Hall–Kier alpha value is -0.220. The Balaban J connectivity index is 3.20. The van der Waals surface area contributed by atoms with E-state index in [9.17, 15) is 9.18 Å². The predicted molar refractivity (Wildman–Crippen MR) is 61.8 cm³/mol. The van der Waals surface area contributed by atoms with E-state index in [4.69, 9.17) is 0 Å². The number of hydrogen-bond donors (Lipinski definition) is 0. The second-order valence-electron chi connectivity index (χ2n) is 2.88. The van der Waals surface area contributed by atoms with Gasteiger partial charge in [0.1, 0.15) is 5.82 Å². The van der Waals surface area contributed by atoms with E-state index in [1.807, 2.05) is 0 Å². The topological polar surface area (TPSA) is 17.1 Å². The van der Waals surface area contributed by atoms with Gasteiger partial charge in [-0.3, -0.25) is 4.79 Å². The lowest BCUT2D eigenvalue weighted by Crippen LogP contribution is -2.13. The molecule has 4 heteroatoms. The average molecular weight is 324 g/mol. The molecule has 1 aromatic rings. The Kier molecular flexibility index (Phi) is 4.26. The minimum absolute atomic E-state index is 0.0982. The second-order valence-corrected chi connectivity index (χ2v) is 4.81. The van der Waals surface area contributed by atoms with Gasteiger partial charge in [0.25, 0.3) is 0 Å². The summed E-state index contributed by atoms with van der Waals surface area (Å²) >= 11 is 6.35. The van der Waals surface area contributed by atoms with Crippen LogP contribution in [0.15, 0.2) is 18.2 Å². The van der Waals surface area contributed by atoms with Crippen molar-refractivity contribution >= 4 is 37.6 Å². The number of rotatable bonds is 3. The molecule has 0 N–H and O–H groups in total. The van der Waals surface area contributed by atoms with Crippen LogP contribution in [0.1, 0.15) is 22.8 Å². The number of benzene rings is 1. The highest BCUT2D eigenvalue weighted by Gasteiger charge is 2.17. The number of alkyl halides is 2. The molecular weight excluding hydrogens is 315 g/mol. The van der Waals surface area contributed by atoms with Gasteiger partial charge in [0, 0.05) is 16.5 Å². The third-order valence-corrected chi connectivity index (χ3v) is 2.86. The molecule has 0 aliphatic carbocycles. The molecule has 1 unspecified atom stereocenters. The maximum atomic E-state index is 13.3. The SMILES string of the molecule is CC(Br)C(=O)c1cccc(F)c1CBr. The van der Waals surface area contributed by atoms with Crippen LogP contribution >= 0.6 is 31.9 Å². The van der Waals surface area contributed by atoms with Crippen molar-refractivity contribution in [3.8, 4) is 0 Å². The Morgan fingerprint density at radius 3 is 2.71 bits per heavy atom. The van der Waals surface area contributed by atoms with Crippen molar-refractivity contribution in [3.05, 3.63) is 35.1 Å². The molecule has 1 nitrogen and oxygen atoms in total. The lowest BCUT2D eigenvalue weighted by atomic mass is 10.0. The molecular formula is C10H9Br2FO. The van der Waals surface area contributed by atoms with Gasteiger partial charge in [0.15, 0.2) is 5.78 Å². The number of carbonyl (C=O) groups is 1. The summed E-state index contributed by atoms with van der Waals surface area (Å²) in [6.45, 7) is 1.73. The normalized spacial score (nSPS) is 12.6. The summed E-state index contributed by atoms with van der Waals surface area (Å²) in [5.74, 6) is -0.445. The van der Waals surface area contributed by atoms with Crippen LogP contribution < -0.4 is 0 Å². The fourth-order valence-corrected chi connectivity index (χ4v) is 1.96. The largest absolute Gasteiger partial charge is 0.293 e. The molecule has 0 spiro atoms. The van der Waals surface area contributed by atoms with Crippen molar-refractivity contribution in [3.63, 3.8) is 0 Å². The molecule has 1 atom stereocenters. The van der Waals surface area contributed by atoms with Gasteiger partial charge in [-0.2, -0.15) is 0 Å². The summed E-state index contributed by atoms with van der Waals surface area (Å²) in [5.41, 5.74) is 0.857. The summed E-state index contributed by atoms with van der Waals surface area (Å²) < 4.78 is 13.3. The number of Topliss-reactive ketones (excluding diaryl/α,β-unsaturated/α-hetero) is 1. The molecule has 0 aliphatic heterocycles. The third kappa shape index (κ3) is 2.42. The summed E-state index contributed by atoms with van der Waals surface area (Å²) in [4.78, 5) is 11.4. The number of ketones is 1. The van der Waals surface area contributed by atoms with Gasteiger partial charge in [-0.05, 0) is 13.0 Å². The predicted octanol–water partition coefficient (Wildman–Crippen LogP) is 3.69. The van der Waals surface area contributed by atoms with Crippen molar-refractivity contribution in [2.24, 2.45) is 0 Å². The maximum absolute atomic E-state index is 13.3. The smallest absolute Gasteiger partial charge is 0.176 e. The van der Waals surface area contributed by atoms with Crippen LogP contribution in [-0.4, -0.2) is 10.6 Å². The van der Waals surface area contributed by atoms with Crippen LogP contribution in [0.2, 0.25) is 0 Å². The number of carbonyl (C=O) groups excluding carboxylic acids is 1. The minimum Gasteiger partial charge on any atom is -0.293 e. The van der Waals surface area contributed by atoms with Crippen LogP contribution in [0.5, 0.6) is 0 Å². The molecule has 1 aromatic carbocycles. The lowest BCUT2D eigenvalue weighted by molar-refractivity contribution is 0.0994. The molecule has 0 saturated heterocycles. The van der Waals surface area contributed by atoms with Crippen molar-refractivity contribution < 1.29 is 9.18 Å². The van der Waals surface area contributed by atoms with Gasteiger partial charge in [0.05, 0.1) is 4.83 Å². The zero-order valence-electron chi connectivity index (χ0n) is 7.56. The van der Waals surface area contributed by atoms with Gasteiger partial charge >= 0.3 is 0 Å². The summed E-state index contributed by atoms with van der Waals surface area (Å²) in [5, 5.41) is 0.348. The minimum atomic E-state index is -0.346. The van der Waals surface area contributed by atoms with E-state index in [-0.39, 0.29) is 16.4 Å². The molecule has 0 aromatic heterocycles. The highest BCUT2D eigenvalue weighted by Crippen LogP contribution is 2.20. The zero-order valence-corrected chi connectivity index (χ0v) is 10.7. The Morgan fingerprint density at radius 2 is 2.21 bits per heavy atom. The van der Waals surface area contributed by atoms with Gasteiger partial charge in [-0.25, -0.2) is 4.39 Å². The van der Waals surface area contributed by atoms with Crippen LogP contribution in [0.25, 0.3) is 0 Å². The van der Waals surface area contributed by atoms with E-state index >= 15 is 0 Å². The van der Waals surface area contributed by atoms with Crippen molar-refractivity contribution in [2.45, 2.75) is 17.1 Å². The van der Waals surface area contributed by atoms with Crippen LogP contribution in [-0.2, 0) is 5.33 Å². The van der Waals surface area contributed by atoms with Crippen LogP contribution in [0, 0.1) is 5.82 Å². The highest BCUT2D eigenvalue weighted by molar-refractivity contribution is 9.10. The number of hydrogen-bond acceptors (Lipinski definition) is 1. The van der Waals surface area contributed by atoms with E-state index < -0.39 is 0 Å². The fourth-order valence-electron chi connectivity index (χ4n) is 1.14. The first-order valence-electron chi connectivity index (χ1n) is 4.09. The van der Waals surface area contributed by atoms with Gasteiger partial charge < -0.3 is 0 Å². The molecule has 0 radical (unpaired) electrons. The molecule has 14 heavy (non-hydrogen) atoms.